The van der Waals surface area contributed by atoms with E-state index in [1.165, 1.54) is 0 Å². The van der Waals surface area contributed by atoms with E-state index in [0.29, 0.717) is 12.8 Å². The third kappa shape index (κ3) is 2.40. The minimum Gasteiger partial charge on any atom is -0.371 e. The average Bonchev–Trinajstić information content (AvgIpc) is 2.31. The molecule has 0 fully saturated rings. The summed E-state index contributed by atoms with van der Waals surface area (Å²) in [4.78, 5) is 25.3. The number of pyridine rings is 1. The summed E-state index contributed by atoms with van der Waals surface area (Å²) in [5, 5.41) is 0. The normalized spacial score (nSPS) is 10.4. The van der Waals surface area contributed by atoms with E-state index in [1.807, 2.05) is 38.7 Å². The molecular weight excluding hydrogens is 216 g/mol. The van der Waals surface area contributed by atoms with Gasteiger partial charge in [-0.05, 0) is 33.8 Å². The molecule has 4 nitrogen and oxygen atoms in total. The van der Waals surface area contributed by atoms with Crippen LogP contribution in [0.15, 0.2) is 10.9 Å². The van der Waals surface area contributed by atoms with Crippen LogP contribution < -0.4 is 10.5 Å². The van der Waals surface area contributed by atoms with Crippen molar-refractivity contribution in [2.24, 2.45) is 0 Å². The largest absolute Gasteiger partial charge is 0.371 e. The number of aromatic nitrogens is 1. The van der Waals surface area contributed by atoms with Crippen molar-refractivity contribution in [1.82, 2.24) is 4.57 Å². The number of carbonyl (C=O) groups excluding carboxylic acids is 1. The van der Waals surface area contributed by atoms with Crippen LogP contribution >= 0.6 is 0 Å². The lowest BCUT2D eigenvalue weighted by molar-refractivity contribution is 0.112. The van der Waals surface area contributed by atoms with Crippen LogP contribution in [0.25, 0.3) is 0 Å². The van der Waals surface area contributed by atoms with Gasteiger partial charge in [-0.2, -0.15) is 0 Å². The summed E-state index contributed by atoms with van der Waals surface area (Å²) in [7, 11) is 0. The second-order valence-electron chi connectivity index (χ2n) is 3.92. The summed E-state index contributed by atoms with van der Waals surface area (Å²) in [6.07, 6.45) is 0.668. The van der Waals surface area contributed by atoms with Gasteiger partial charge in [-0.25, -0.2) is 0 Å². The quantitative estimate of drug-likeness (QED) is 0.732. The zero-order valence-corrected chi connectivity index (χ0v) is 11.0. The van der Waals surface area contributed by atoms with E-state index in [1.54, 1.807) is 4.57 Å². The van der Waals surface area contributed by atoms with Crippen molar-refractivity contribution in [2.75, 3.05) is 18.0 Å². The summed E-state index contributed by atoms with van der Waals surface area (Å²) < 4.78 is 1.62. The van der Waals surface area contributed by atoms with Crippen LogP contribution in [-0.4, -0.2) is 23.9 Å². The first-order valence-electron chi connectivity index (χ1n) is 6.05. The van der Waals surface area contributed by atoms with Crippen molar-refractivity contribution in [3.8, 4) is 0 Å². The molecule has 0 radical (unpaired) electrons. The molecule has 1 rings (SSSR count). The van der Waals surface area contributed by atoms with Crippen molar-refractivity contribution in [3.63, 3.8) is 0 Å². The summed E-state index contributed by atoms with van der Waals surface area (Å²) in [6, 6.07) is 1.92. The van der Waals surface area contributed by atoms with E-state index >= 15 is 0 Å². The Balaban J connectivity index is 3.52. The fourth-order valence-electron chi connectivity index (χ4n) is 2.10. The van der Waals surface area contributed by atoms with Gasteiger partial charge in [0.2, 0.25) is 0 Å². The fourth-order valence-corrected chi connectivity index (χ4v) is 2.10. The van der Waals surface area contributed by atoms with Gasteiger partial charge in [-0.1, -0.05) is 0 Å². The number of rotatable bonds is 5. The Bertz CT molecular complexity index is 459. The molecule has 1 aromatic rings. The topological polar surface area (TPSA) is 42.3 Å². The van der Waals surface area contributed by atoms with Gasteiger partial charge in [-0.3, -0.25) is 9.59 Å². The number of hydrogen-bond acceptors (Lipinski definition) is 3. The van der Waals surface area contributed by atoms with Gasteiger partial charge in [0, 0.05) is 25.3 Å². The van der Waals surface area contributed by atoms with Crippen LogP contribution in [-0.2, 0) is 6.54 Å². The molecule has 1 aromatic heterocycles. The monoisotopic (exact) mass is 236 g/mol. The van der Waals surface area contributed by atoms with Crippen LogP contribution in [0.5, 0.6) is 0 Å². The molecule has 0 atom stereocenters. The number of hydrogen-bond donors (Lipinski definition) is 0. The van der Waals surface area contributed by atoms with E-state index in [4.69, 9.17) is 0 Å². The summed E-state index contributed by atoms with van der Waals surface area (Å²) in [6.45, 7) is 9.98. The van der Waals surface area contributed by atoms with Crippen molar-refractivity contribution in [1.29, 1.82) is 0 Å². The lowest BCUT2D eigenvalue weighted by Crippen LogP contribution is -2.31. The Morgan fingerprint density at radius 3 is 2.29 bits per heavy atom. The molecule has 0 saturated heterocycles. The maximum Gasteiger partial charge on any atom is 0.263 e. The van der Waals surface area contributed by atoms with Crippen molar-refractivity contribution in [2.45, 2.75) is 34.2 Å². The highest BCUT2D eigenvalue weighted by molar-refractivity contribution is 5.84. The van der Waals surface area contributed by atoms with E-state index in [-0.39, 0.29) is 11.1 Å². The number of anilines is 1. The van der Waals surface area contributed by atoms with Gasteiger partial charge in [0.25, 0.3) is 5.56 Å². The number of nitrogens with zero attached hydrogens (tertiary/aromatic N) is 2. The Hall–Kier alpha value is -1.58. The van der Waals surface area contributed by atoms with Crippen LogP contribution in [0.4, 0.5) is 5.69 Å². The summed E-state index contributed by atoms with van der Waals surface area (Å²) in [5.74, 6) is 0. The predicted molar refractivity (Wildman–Crippen MR) is 70.1 cm³/mol. The van der Waals surface area contributed by atoms with E-state index in [9.17, 15) is 9.59 Å². The molecule has 0 N–H and O–H groups in total. The Kier molecular flexibility index (Phi) is 4.49. The van der Waals surface area contributed by atoms with Crippen molar-refractivity contribution in [3.05, 3.63) is 27.7 Å². The summed E-state index contributed by atoms with van der Waals surface area (Å²) >= 11 is 0. The van der Waals surface area contributed by atoms with Crippen LogP contribution in [0.1, 0.15) is 36.8 Å². The van der Waals surface area contributed by atoms with Gasteiger partial charge < -0.3 is 9.47 Å². The fraction of sp³-hybridized carbons (Fsp3) is 0.538. The molecule has 0 aliphatic heterocycles. The molecular formula is C13H20N2O2. The average molecular weight is 236 g/mol. The highest BCUT2D eigenvalue weighted by Gasteiger charge is 2.15. The Labute approximate surface area is 102 Å². The van der Waals surface area contributed by atoms with E-state index in [0.717, 1.165) is 24.5 Å². The van der Waals surface area contributed by atoms with Gasteiger partial charge in [0.1, 0.15) is 5.56 Å². The van der Waals surface area contributed by atoms with Gasteiger partial charge in [0.15, 0.2) is 6.29 Å². The smallest absolute Gasteiger partial charge is 0.263 e. The molecule has 0 amide bonds. The lowest BCUT2D eigenvalue weighted by Gasteiger charge is -2.24. The third-order valence-corrected chi connectivity index (χ3v) is 3.06. The molecule has 0 unspecified atom stereocenters. The second kappa shape index (κ2) is 5.66. The molecule has 0 aliphatic carbocycles. The first-order chi connectivity index (χ1) is 8.10. The van der Waals surface area contributed by atoms with Crippen molar-refractivity contribution < 1.29 is 4.79 Å². The van der Waals surface area contributed by atoms with E-state index < -0.39 is 0 Å². The SMILES string of the molecule is CCN(CC)c1cc(C)n(CC)c(=O)c1C=O. The molecule has 0 spiro atoms. The zero-order valence-electron chi connectivity index (χ0n) is 11.0. The number of aryl methyl sites for hydroxylation is 1. The Morgan fingerprint density at radius 1 is 1.29 bits per heavy atom. The highest BCUT2D eigenvalue weighted by Crippen LogP contribution is 2.17. The second-order valence-corrected chi connectivity index (χ2v) is 3.92. The predicted octanol–water partition coefficient (Wildman–Crippen LogP) is 1.84. The van der Waals surface area contributed by atoms with Crippen LogP contribution in [0.3, 0.4) is 0 Å². The maximum absolute atomic E-state index is 12.1. The lowest BCUT2D eigenvalue weighted by atomic mass is 10.2. The molecule has 0 aliphatic rings. The third-order valence-electron chi connectivity index (χ3n) is 3.06. The first kappa shape index (κ1) is 13.5. The summed E-state index contributed by atoms with van der Waals surface area (Å²) in [5.41, 5.74) is 1.72. The first-order valence-corrected chi connectivity index (χ1v) is 6.05. The van der Waals surface area contributed by atoms with Crippen molar-refractivity contribution >= 4 is 12.0 Å². The van der Waals surface area contributed by atoms with Gasteiger partial charge in [0.05, 0.1) is 5.69 Å². The standard InChI is InChI=1S/C13H20N2O2/c1-5-14(6-2)12-8-10(4)15(7-3)13(17)11(12)9-16/h8-9H,5-7H2,1-4H3. The van der Waals surface area contributed by atoms with E-state index in [2.05, 4.69) is 0 Å². The molecule has 0 aromatic carbocycles. The molecule has 94 valence electrons. The zero-order chi connectivity index (χ0) is 13.0. The minimum atomic E-state index is -0.190. The minimum absolute atomic E-state index is 0.190. The van der Waals surface area contributed by atoms with Crippen LogP contribution in [0, 0.1) is 6.92 Å². The van der Waals surface area contributed by atoms with Gasteiger partial charge >= 0.3 is 0 Å². The number of carbonyl (C=O) groups is 1. The maximum atomic E-state index is 12.1. The molecule has 4 heteroatoms. The highest BCUT2D eigenvalue weighted by atomic mass is 16.1. The molecule has 0 saturated carbocycles. The molecule has 17 heavy (non-hydrogen) atoms. The number of aldehydes is 1. The van der Waals surface area contributed by atoms with Crippen LogP contribution in [0.2, 0.25) is 0 Å². The van der Waals surface area contributed by atoms with Gasteiger partial charge in [-0.15, -0.1) is 0 Å². The molecule has 0 bridgehead atoms. The molecule has 1 heterocycles. The Morgan fingerprint density at radius 2 is 1.88 bits per heavy atom.